The van der Waals surface area contributed by atoms with Crippen LogP contribution >= 0.6 is 0 Å². The number of phenols is 1. The van der Waals surface area contributed by atoms with Crippen LogP contribution in [-0.2, 0) is 4.74 Å². The van der Waals surface area contributed by atoms with Crippen LogP contribution in [0.15, 0.2) is 54.9 Å². The molecule has 0 aliphatic carbocycles. The summed E-state index contributed by atoms with van der Waals surface area (Å²) < 4.78 is 26.5. The van der Waals surface area contributed by atoms with Crippen LogP contribution in [0.25, 0.3) is 27.7 Å². The molecule has 6 nitrogen and oxygen atoms in total. The molecule has 31 heavy (non-hydrogen) atoms. The number of fused-ring (bicyclic) bond motifs is 1. The van der Waals surface area contributed by atoms with E-state index in [1.807, 2.05) is 12.1 Å². The van der Waals surface area contributed by atoms with Gasteiger partial charge in [0.1, 0.15) is 11.6 Å². The monoisotopic (exact) mass is 419 g/mol. The third kappa shape index (κ3) is 3.41. The number of hydrogen-bond acceptors (Lipinski definition) is 5. The summed E-state index contributed by atoms with van der Waals surface area (Å²) in [7, 11) is 1.52. The Kier molecular flexibility index (Phi) is 5.03. The Morgan fingerprint density at radius 2 is 1.77 bits per heavy atom. The lowest BCUT2D eigenvalue weighted by Gasteiger charge is -2.25. The molecule has 1 saturated heterocycles. The van der Waals surface area contributed by atoms with E-state index in [0.29, 0.717) is 13.2 Å². The molecule has 4 aromatic rings. The van der Waals surface area contributed by atoms with E-state index in [1.54, 1.807) is 30.6 Å². The van der Waals surface area contributed by atoms with Crippen molar-refractivity contribution >= 4 is 10.9 Å². The Balaban J connectivity index is 1.86. The van der Waals surface area contributed by atoms with Gasteiger partial charge in [0.2, 0.25) is 0 Å². The van der Waals surface area contributed by atoms with Gasteiger partial charge in [-0.2, -0.15) is 0 Å². The SMILES string of the molecule is COc1ncc(-c2c(C3CCOCC3)n(-c3ccc(F)cc3)c3cccc(O)c23)cn1. The highest BCUT2D eigenvalue weighted by atomic mass is 19.1. The summed E-state index contributed by atoms with van der Waals surface area (Å²) in [5, 5.41) is 11.6. The second kappa shape index (κ2) is 8.00. The number of halogens is 1. The highest BCUT2D eigenvalue weighted by molar-refractivity contribution is 6.03. The van der Waals surface area contributed by atoms with Gasteiger partial charge in [0.25, 0.3) is 0 Å². The molecule has 0 amide bonds. The normalized spacial score (nSPS) is 14.8. The zero-order valence-corrected chi connectivity index (χ0v) is 17.1. The second-order valence-electron chi connectivity index (χ2n) is 7.59. The summed E-state index contributed by atoms with van der Waals surface area (Å²) in [6.07, 6.45) is 5.13. The fourth-order valence-corrected chi connectivity index (χ4v) is 4.41. The first-order valence-corrected chi connectivity index (χ1v) is 10.2. The maximum absolute atomic E-state index is 13.7. The molecule has 1 N–H and O–H groups in total. The molecule has 0 atom stereocenters. The van der Waals surface area contributed by atoms with Gasteiger partial charge < -0.3 is 19.1 Å². The Morgan fingerprint density at radius 1 is 1.06 bits per heavy atom. The van der Waals surface area contributed by atoms with Crippen LogP contribution in [0.3, 0.4) is 0 Å². The van der Waals surface area contributed by atoms with Crippen LogP contribution in [0.4, 0.5) is 4.39 Å². The number of phenolic OH excluding ortho intramolecular Hbond substituents is 1. The Labute approximate surface area is 178 Å². The van der Waals surface area contributed by atoms with Crippen LogP contribution in [0.2, 0.25) is 0 Å². The van der Waals surface area contributed by atoms with Gasteiger partial charge in [-0.05, 0) is 49.2 Å². The molecule has 1 fully saturated rings. The minimum atomic E-state index is -0.292. The van der Waals surface area contributed by atoms with Gasteiger partial charge in [0, 0.05) is 54.0 Å². The lowest BCUT2D eigenvalue weighted by Crippen LogP contribution is -2.17. The van der Waals surface area contributed by atoms with Gasteiger partial charge in [0.15, 0.2) is 0 Å². The molecule has 2 aromatic heterocycles. The molecular weight excluding hydrogens is 397 g/mol. The van der Waals surface area contributed by atoms with Gasteiger partial charge in [-0.1, -0.05) is 6.07 Å². The summed E-state index contributed by atoms with van der Waals surface area (Å²) in [6.45, 7) is 1.33. The van der Waals surface area contributed by atoms with E-state index in [1.165, 1.54) is 19.2 Å². The molecule has 2 aromatic carbocycles. The van der Waals surface area contributed by atoms with E-state index in [0.717, 1.165) is 46.3 Å². The average molecular weight is 419 g/mol. The average Bonchev–Trinajstić information content (AvgIpc) is 3.17. The number of rotatable bonds is 4. The minimum absolute atomic E-state index is 0.178. The number of hydrogen-bond donors (Lipinski definition) is 1. The standard InChI is InChI=1S/C24H22FN3O3/c1-30-24-26-13-16(14-27-24)21-22-19(3-2-4-20(22)29)28(18-7-5-17(25)6-8-18)23(21)15-9-11-31-12-10-15/h2-8,13-15,29H,9-12H2,1H3. The van der Waals surface area contributed by atoms with Gasteiger partial charge in [0.05, 0.1) is 18.0 Å². The molecule has 0 spiro atoms. The molecule has 1 aliphatic rings. The number of aromatic hydroxyl groups is 1. The molecule has 0 unspecified atom stereocenters. The van der Waals surface area contributed by atoms with Crippen LogP contribution in [0, 0.1) is 5.82 Å². The van der Waals surface area contributed by atoms with E-state index in [2.05, 4.69) is 14.5 Å². The number of ether oxygens (including phenoxy) is 2. The first-order chi connectivity index (χ1) is 15.2. The molecule has 5 rings (SSSR count). The van der Waals surface area contributed by atoms with Crippen molar-refractivity contribution in [3.63, 3.8) is 0 Å². The van der Waals surface area contributed by atoms with Crippen LogP contribution < -0.4 is 4.74 Å². The van der Waals surface area contributed by atoms with Gasteiger partial charge in [-0.15, -0.1) is 0 Å². The van der Waals surface area contributed by atoms with E-state index < -0.39 is 0 Å². The Hall–Kier alpha value is -3.45. The van der Waals surface area contributed by atoms with Gasteiger partial charge in [-0.25, -0.2) is 14.4 Å². The number of nitrogens with zero attached hydrogens (tertiary/aromatic N) is 3. The molecule has 1 aliphatic heterocycles. The maximum atomic E-state index is 13.7. The first kappa shape index (κ1) is 19.5. The number of aromatic nitrogens is 3. The topological polar surface area (TPSA) is 69.4 Å². The predicted molar refractivity (Wildman–Crippen MR) is 115 cm³/mol. The van der Waals surface area contributed by atoms with Crippen molar-refractivity contribution in [2.45, 2.75) is 18.8 Å². The Bertz CT molecular complexity index is 1210. The van der Waals surface area contributed by atoms with Crippen molar-refractivity contribution in [2.24, 2.45) is 0 Å². The zero-order chi connectivity index (χ0) is 21.4. The fraction of sp³-hybridized carbons (Fsp3) is 0.250. The van der Waals surface area contributed by atoms with Crippen LogP contribution in [0.5, 0.6) is 11.8 Å². The van der Waals surface area contributed by atoms with Crippen molar-refractivity contribution in [1.29, 1.82) is 0 Å². The molecule has 0 saturated carbocycles. The first-order valence-electron chi connectivity index (χ1n) is 10.2. The smallest absolute Gasteiger partial charge is 0.316 e. The van der Waals surface area contributed by atoms with Crippen molar-refractivity contribution in [3.8, 4) is 28.6 Å². The third-order valence-corrected chi connectivity index (χ3v) is 5.80. The second-order valence-corrected chi connectivity index (χ2v) is 7.59. The largest absolute Gasteiger partial charge is 0.507 e. The lowest BCUT2D eigenvalue weighted by molar-refractivity contribution is 0.0843. The summed E-state index contributed by atoms with van der Waals surface area (Å²) in [5.74, 6) is 0.0830. The number of benzene rings is 2. The molecule has 7 heteroatoms. The number of methoxy groups -OCH3 is 1. The van der Waals surface area contributed by atoms with E-state index in [4.69, 9.17) is 9.47 Å². The summed E-state index contributed by atoms with van der Waals surface area (Å²) in [5.41, 5.74) is 4.39. The molecule has 0 radical (unpaired) electrons. The molecule has 158 valence electrons. The van der Waals surface area contributed by atoms with E-state index in [-0.39, 0.29) is 23.5 Å². The highest BCUT2D eigenvalue weighted by Crippen LogP contribution is 2.46. The highest BCUT2D eigenvalue weighted by Gasteiger charge is 2.29. The van der Waals surface area contributed by atoms with Crippen LogP contribution in [0.1, 0.15) is 24.5 Å². The van der Waals surface area contributed by atoms with Crippen molar-refractivity contribution in [3.05, 3.63) is 66.4 Å². The van der Waals surface area contributed by atoms with Crippen LogP contribution in [-0.4, -0.2) is 40.0 Å². The molecule has 0 bridgehead atoms. The molecular formula is C24H22FN3O3. The minimum Gasteiger partial charge on any atom is -0.507 e. The fourth-order valence-electron chi connectivity index (χ4n) is 4.41. The molecule has 3 heterocycles. The summed E-state index contributed by atoms with van der Waals surface area (Å²) in [6, 6.07) is 12.2. The van der Waals surface area contributed by atoms with Crippen molar-refractivity contribution in [2.75, 3.05) is 20.3 Å². The predicted octanol–water partition coefficient (Wildman–Crippen LogP) is 4.83. The van der Waals surface area contributed by atoms with Crippen molar-refractivity contribution < 1.29 is 19.0 Å². The lowest BCUT2D eigenvalue weighted by atomic mass is 9.90. The summed E-state index contributed by atoms with van der Waals surface area (Å²) in [4.78, 5) is 8.58. The van der Waals surface area contributed by atoms with E-state index >= 15 is 0 Å². The Morgan fingerprint density at radius 3 is 2.45 bits per heavy atom. The maximum Gasteiger partial charge on any atom is 0.316 e. The quantitative estimate of drug-likeness (QED) is 0.513. The van der Waals surface area contributed by atoms with Crippen molar-refractivity contribution in [1.82, 2.24) is 14.5 Å². The van der Waals surface area contributed by atoms with E-state index in [9.17, 15) is 9.50 Å². The third-order valence-electron chi connectivity index (χ3n) is 5.80. The van der Waals surface area contributed by atoms with Gasteiger partial charge in [-0.3, -0.25) is 0 Å². The zero-order valence-electron chi connectivity index (χ0n) is 17.1. The van der Waals surface area contributed by atoms with Gasteiger partial charge >= 0.3 is 6.01 Å². The summed E-state index contributed by atoms with van der Waals surface area (Å²) >= 11 is 0.